The summed E-state index contributed by atoms with van der Waals surface area (Å²) < 4.78 is 16.8. The van der Waals surface area contributed by atoms with Crippen LogP contribution in [0.1, 0.15) is 258 Å². The number of allylic oxidation sites excluding steroid dienone is 10. The first-order valence-electron chi connectivity index (χ1n) is 26.3. The lowest BCUT2D eigenvalue weighted by Gasteiger charge is -2.18. The van der Waals surface area contributed by atoms with Crippen LogP contribution in [0.4, 0.5) is 0 Å². The summed E-state index contributed by atoms with van der Waals surface area (Å²) in [7, 11) is 0. The molecule has 0 aliphatic rings. The Morgan fingerprint density at radius 1 is 0.339 bits per heavy atom. The number of hydrogen-bond donors (Lipinski definition) is 0. The van der Waals surface area contributed by atoms with E-state index >= 15 is 0 Å². The summed E-state index contributed by atoms with van der Waals surface area (Å²) in [5.41, 5.74) is 0. The van der Waals surface area contributed by atoms with E-state index in [1.165, 1.54) is 116 Å². The second-order valence-corrected chi connectivity index (χ2v) is 17.4. The van der Waals surface area contributed by atoms with Gasteiger partial charge in [-0.3, -0.25) is 14.4 Å². The summed E-state index contributed by atoms with van der Waals surface area (Å²) in [6, 6.07) is 0. The van der Waals surface area contributed by atoms with Gasteiger partial charge in [-0.25, -0.2) is 0 Å². The highest BCUT2D eigenvalue weighted by Gasteiger charge is 2.19. The fourth-order valence-electron chi connectivity index (χ4n) is 7.27. The highest BCUT2D eigenvalue weighted by molar-refractivity contribution is 5.71. The molecule has 0 heterocycles. The maximum absolute atomic E-state index is 12.8. The highest BCUT2D eigenvalue weighted by atomic mass is 16.6. The normalized spacial score (nSPS) is 12.5. The number of hydrogen-bond acceptors (Lipinski definition) is 6. The predicted octanol–water partition coefficient (Wildman–Crippen LogP) is 17.3. The van der Waals surface area contributed by atoms with Gasteiger partial charge in [-0.2, -0.15) is 0 Å². The predicted molar refractivity (Wildman–Crippen MR) is 265 cm³/mol. The van der Waals surface area contributed by atoms with Gasteiger partial charge in [-0.15, -0.1) is 0 Å². The topological polar surface area (TPSA) is 78.9 Å². The van der Waals surface area contributed by atoms with Gasteiger partial charge in [0.25, 0.3) is 0 Å². The van der Waals surface area contributed by atoms with E-state index in [4.69, 9.17) is 14.2 Å². The number of carbonyl (C=O) groups excluding carboxylic acids is 3. The van der Waals surface area contributed by atoms with Crippen molar-refractivity contribution in [3.8, 4) is 0 Å². The van der Waals surface area contributed by atoms with Crippen LogP contribution in [-0.4, -0.2) is 37.2 Å². The molecule has 6 nitrogen and oxygen atoms in total. The molecular weight excluding hydrogens is 769 g/mol. The molecule has 1 atom stereocenters. The molecule has 0 saturated heterocycles. The van der Waals surface area contributed by atoms with E-state index in [0.717, 1.165) is 103 Å². The zero-order valence-corrected chi connectivity index (χ0v) is 40.9. The Morgan fingerprint density at radius 2 is 0.629 bits per heavy atom. The Kier molecular flexibility index (Phi) is 48.4. The van der Waals surface area contributed by atoms with Crippen molar-refractivity contribution >= 4 is 17.9 Å². The Hall–Kier alpha value is -2.89. The van der Waals surface area contributed by atoms with Gasteiger partial charge in [0, 0.05) is 19.3 Å². The summed E-state index contributed by atoms with van der Waals surface area (Å²) in [6.45, 7) is 6.48. The van der Waals surface area contributed by atoms with Crippen LogP contribution in [0.2, 0.25) is 0 Å². The minimum Gasteiger partial charge on any atom is -0.462 e. The Bertz CT molecular complexity index is 1130. The molecule has 0 amide bonds. The van der Waals surface area contributed by atoms with Gasteiger partial charge in [-0.05, 0) is 103 Å². The molecule has 0 bridgehead atoms. The standard InChI is InChI=1S/C56H98O6/c1-4-7-10-13-16-19-22-25-27-28-30-31-34-37-40-43-46-49-55(58)61-52-53(51-60-54(57)48-45-42-39-36-33-24-21-18-15-12-9-6-3)62-56(59)50-47-44-41-38-35-32-29-26-23-20-17-14-11-8-5-2/h8,11,17-18,20-21,25-27,29,53H,4-7,9-10,12-16,19,22-24,28,30-52H2,1-3H3/b11-8-,20-17-,21-18-,27-25-,29-26-. The number of rotatable bonds is 47. The monoisotopic (exact) mass is 867 g/mol. The number of carbonyl (C=O) groups is 3. The molecule has 0 aliphatic carbocycles. The van der Waals surface area contributed by atoms with Crippen LogP contribution in [0.15, 0.2) is 60.8 Å². The van der Waals surface area contributed by atoms with Gasteiger partial charge >= 0.3 is 17.9 Å². The van der Waals surface area contributed by atoms with Crippen LogP contribution in [0.25, 0.3) is 0 Å². The SMILES string of the molecule is CC/C=C\C/C=C\C/C=C\CCCCCCCC(=O)OC(COC(=O)CCCCCCC/C=C\CCCCC)COC(=O)CCCCCCCCC/C=C\CCCCCCCC. The molecule has 0 aliphatic heterocycles. The maximum Gasteiger partial charge on any atom is 0.306 e. The second-order valence-electron chi connectivity index (χ2n) is 17.4. The molecule has 0 aromatic carbocycles. The summed E-state index contributed by atoms with van der Waals surface area (Å²) in [6.07, 6.45) is 62.0. The first-order chi connectivity index (χ1) is 30.5. The molecule has 0 aromatic heterocycles. The van der Waals surface area contributed by atoms with Gasteiger partial charge in [0.1, 0.15) is 13.2 Å². The lowest BCUT2D eigenvalue weighted by molar-refractivity contribution is -0.167. The lowest BCUT2D eigenvalue weighted by Crippen LogP contribution is -2.30. The van der Waals surface area contributed by atoms with Crippen molar-refractivity contribution < 1.29 is 28.6 Å². The molecule has 1 unspecified atom stereocenters. The van der Waals surface area contributed by atoms with Crippen molar-refractivity contribution in [2.24, 2.45) is 0 Å². The number of ether oxygens (including phenoxy) is 3. The first kappa shape index (κ1) is 59.1. The van der Waals surface area contributed by atoms with Gasteiger partial charge in [0.2, 0.25) is 0 Å². The van der Waals surface area contributed by atoms with Crippen LogP contribution in [0.3, 0.4) is 0 Å². The van der Waals surface area contributed by atoms with Crippen LogP contribution in [0, 0.1) is 0 Å². The first-order valence-corrected chi connectivity index (χ1v) is 26.3. The van der Waals surface area contributed by atoms with E-state index < -0.39 is 6.10 Å². The Balaban J connectivity index is 4.40. The van der Waals surface area contributed by atoms with Crippen molar-refractivity contribution in [3.63, 3.8) is 0 Å². The molecule has 0 N–H and O–H groups in total. The van der Waals surface area contributed by atoms with E-state index in [-0.39, 0.29) is 31.1 Å². The third-order valence-electron chi connectivity index (χ3n) is 11.2. The molecule has 62 heavy (non-hydrogen) atoms. The van der Waals surface area contributed by atoms with Gasteiger partial charge in [0.15, 0.2) is 6.10 Å². The molecule has 0 spiro atoms. The fourth-order valence-corrected chi connectivity index (χ4v) is 7.27. The minimum atomic E-state index is -0.787. The smallest absolute Gasteiger partial charge is 0.306 e. The average Bonchev–Trinajstić information content (AvgIpc) is 3.27. The minimum absolute atomic E-state index is 0.0858. The van der Waals surface area contributed by atoms with Crippen molar-refractivity contribution in [2.75, 3.05) is 13.2 Å². The molecule has 0 radical (unpaired) electrons. The molecule has 6 heteroatoms. The molecular formula is C56H98O6. The number of unbranched alkanes of at least 4 members (excludes halogenated alkanes) is 26. The average molecular weight is 867 g/mol. The molecule has 0 rings (SSSR count). The fraction of sp³-hybridized carbons (Fsp3) is 0.768. The zero-order chi connectivity index (χ0) is 45.1. The van der Waals surface area contributed by atoms with Crippen LogP contribution in [-0.2, 0) is 28.6 Å². The molecule has 358 valence electrons. The third kappa shape index (κ3) is 48.1. The largest absolute Gasteiger partial charge is 0.462 e. The molecule has 0 saturated carbocycles. The van der Waals surface area contributed by atoms with E-state index in [0.29, 0.717) is 19.3 Å². The Labute approximate surface area is 383 Å². The lowest BCUT2D eigenvalue weighted by atomic mass is 10.1. The quantitative estimate of drug-likeness (QED) is 0.0262. The second kappa shape index (κ2) is 50.8. The van der Waals surface area contributed by atoms with Crippen LogP contribution >= 0.6 is 0 Å². The van der Waals surface area contributed by atoms with E-state index in [1.54, 1.807) is 0 Å². The van der Waals surface area contributed by atoms with Crippen molar-refractivity contribution in [2.45, 2.75) is 264 Å². The van der Waals surface area contributed by atoms with Gasteiger partial charge < -0.3 is 14.2 Å². The summed E-state index contributed by atoms with van der Waals surface area (Å²) in [5, 5.41) is 0. The number of esters is 3. The van der Waals surface area contributed by atoms with Crippen LogP contribution in [0.5, 0.6) is 0 Å². The van der Waals surface area contributed by atoms with E-state index in [2.05, 4.69) is 81.5 Å². The maximum atomic E-state index is 12.8. The zero-order valence-electron chi connectivity index (χ0n) is 40.9. The summed E-state index contributed by atoms with van der Waals surface area (Å²) in [4.78, 5) is 38.0. The molecule has 0 fully saturated rings. The van der Waals surface area contributed by atoms with Crippen molar-refractivity contribution in [3.05, 3.63) is 60.8 Å². The molecule has 0 aromatic rings. The van der Waals surface area contributed by atoms with E-state index in [1.807, 2.05) is 0 Å². The van der Waals surface area contributed by atoms with Crippen molar-refractivity contribution in [1.29, 1.82) is 0 Å². The van der Waals surface area contributed by atoms with Crippen molar-refractivity contribution in [1.82, 2.24) is 0 Å². The highest BCUT2D eigenvalue weighted by Crippen LogP contribution is 2.14. The van der Waals surface area contributed by atoms with Gasteiger partial charge in [-0.1, -0.05) is 197 Å². The Morgan fingerprint density at radius 3 is 1.03 bits per heavy atom. The third-order valence-corrected chi connectivity index (χ3v) is 11.2. The van der Waals surface area contributed by atoms with Gasteiger partial charge in [0.05, 0.1) is 0 Å². The van der Waals surface area contributed by atoms with E-state index in [9.17, 15) is 14.4 Å². The summed E-state index contributed by atoms with van der Waals surface area (Å²) >= 11 is 0. The van der Waals surface area contributed by atoms with Crippen LogP contribution < -0.4 is 0 Å². The summed E-state index contributed by atoms with van der Waals surface area (Å²) in [5.74, 6) is -0.912.